The lowest BCUT2D eigenvalue weighted by atomic mass is 9.86. The van der Waals surface area contributed by atoms with E-state index in [2.05, 4.69) is 20.4 Å². The number of unbranched alkanes of at least 4 members (excludes halogenated alkanes) is 12. The van der Waals surface area contributed by atoms with E-state index in [9.17, 15) is 0 Å². The lowest BCUT2D eigenvalue weighted by Crippen LogP contribution is -2.40. The fourth-order valence-electron chi connectivity index (χ4n) is 3.99. The van der Waals surface area contributed by atoms with Crippen molar-refractivity contribution >= 4 is 0 Å². The van der Waals surface area contributed by atoms with Crippen molar-refractivity contribution in [3.63, 3.8) is 0 Å². The van der Waals surface area contributed by atoms with Gasteiger partial charge in [-0.05, 0) is 18.9 Å². The molecule has 0 radical (unpaired) electrons. The summed E-state index contributed by atoms with van der Waals surface area (Å²) in [7, 11) is 3.51. The van der Waals surface area contributed by atoms with Crippen molar-refractivity contribution in [1.29, 1.82) is 0 Å². The Balaban J connectivity index is 4.22. The summed E-state index contributed by atoms with van der Waals surface area (Å²) in [5.41, 5.74) is 0. The summed E-state index contributed by atoms with van der Waals surface area (Å²) in [6.07, 6.45) is 23.2. The van der Waals surface area contributed by atoms with Crippen molar-refractivity contribution in [2.24, 2.45) is 5.92 Å². The van der Waals surface area contributed by atoms with Crippen molar-refractivity contribution in [1.82, 2.24) is 0 Å². The van der Waals surface area contributed by atoms with Crippen LogP contribution in [0.15, 0.2) is 12.7 Å². The first kappa shape index (κ1) is 25.7. The van der Waals surface area contributed by atoms with Gasteiger partial charge in [-0.3, -0.25) is 0 Å². The van der Waals surface area contributed by atoms with Crippen LogP contribution < -0.4 is 0 Å². The molecule has 0 aromatic carbocycles. The fraction of sp³-hybridized carbons (Fsp3) is 0.917. The van der Waals surface area contributed by atoms with Gasteiger partial charge in [-0.1, -0.05) is 110 Å². The van der Waals surface area contributed by atoms with Gasteiger partial charge >= 0.3 is 0 Å². The Hall–Kier alpha value is -0.340. The van der Waals surface area contributed by atoms with E-state index in [1.165, 1.54) is 103 Å². The Bertz CT molecular complexity index is 297. The number of rotatable bonds is 20. The van der Waals surface area contributed by atoms with Crippen LogP contribution in [0.4, 0.5) is 0 Å². The highest BCUT2D eigenvalue weighted by molar-refractivity contribution is 4.94. The number of methoxy groups -OCH3 is 2. The first-order valence-electron chi connectivity index (χ1n) is 11.4. The van der Waals surface area contributed by atoms with Crippen molar-refractivity contribution < 1.29 is 9.47 Å². The molecule has 2 heteroatoms. The van der Waals surface area contributed by atoms with Gasteiger partial charge in [-0.15, -0.1) is 0 Å². The van der Waals surface area contributed by atoms with Gasteiger partial charge in [0.15, 0.2) is 5.79 Å². The highest BCUT2D eigenvalue weighted by Crippen LogP contribution is 2.33. The molecule has 0 aliphatic heterocycles. The molecule has 2 nitrogen and oxygen atoms in total. The summed E-state index contributed by atoms with van der Waals surface area (Å²) in [5.74, 6) is -0.189. The molecule has 0 heterocycles. The van der Waals surface area contributed by atoms with Crippen molar-refractivity contribution in [2.75, 3.05) is 14.2 Å². The monoisotopic (exact) mass is 368 g/mol. The van der Waals surface area contributed by atoms with E-state index in [4.69, 9.17) is 9.47 Å². The average Bonchev–Trinajstić information content (AvgIpc) is 2.67. The molecule has 0 fully saturated rings. The molecule has 0 amide bonds. The van der Waals surface area contributed by atoms with E-state index in [1.807, 2.05) is 6.08 Å². The molecule has 0 spiro atoms. The molecule has 0 saturated heterocycles. The highest BCUT2D eigenvalue weighted by Gasteiger charge is 2.35. The number of hydrogen-bond acceptors (Lipinski definition) is 2. The van der Waals surface area contributed by atoms with Crippen LogP contribution in [-0.2, 0) is 9.47 Å². The zero-order valence-electron chi connectivity index (χ0n) is 18.5. The van der Waals surface area contributed by atoms with E-state index in [0.717, 1.165) is 0 Å². The van der Waals surface area contributed by atoms with E-state index >= 15 is 0 Å². The van der Waals surface area contributed by atoms with Gasteiger partial charge in [0, 0.05) is 20.1 Å². The van der Waals surface area contributed by atoms with Gasteiger partial charge in [0.25, 0.3) is 0 Å². The third kappa shape index (κ3) is 11.4. The molecule has 0 aromatic heterocycles. The van der Waals surface area contributed by atoms with Gasteiger partial charge < -0.3 is 9.47 Å². The molecule has 1 atom stereocenters. The Morgan fingerprint density at radius 1 is 0.654 bits per heavy atom. The third-order valence-corrected chi connectivity index (χ3v) is 5.80. The summed E-state index contributed by atoms with van der Waals surface area (Å²) in [5, 5.41) is 0. The van der Waals surface area contributed by atoms with Gasteiger partial charge in [0.2, 0.25) is 0 Å². The molecule has 1 unspecified atom stereocenters. The first-order chi connectivity index (χ1) is 12.7. The van der Waals surface area contributed by atoms with Crippen molar-refractivity contribution in [2.45, 2.75) is 122 Å². The molecule has 0 N–H and O–H groups in total. The SMILES string of the molecule is C=CC(OC)(OC)C(CCCCCCCC)CCCCCCCCCC. The van der Waals surface area contributed by atoms with Crippen LogP contribution in [0, 0.1) is 5.92 Å². The second kappa shape index (κ2) is 18.0. The van der Waals surface area contributed by atoms with Crippen LogP contribution in [0.5, 0.6) is 0 Å². The fourth-order valence-corrected chi connectivity index (χ4v) is 3.99. The number of ether oxygens (including phenoxy) is 2. The van der Waals surface area contributed by atoms with Crippen LogP contribution in [0.1, 0.15) is 117 Å². The summed E-state index contributed by atoms with van der Waals surface area (Å²) in [4.78, 5) is 0. The van der Waals surface area contributed by atoms with E-state index < -0.39 is 5.79 Å². The summed E-state index contributed by atoms with van der Waals surface area (Å²) >= 11 is 0. The third-order valence-electron chi connectivity index (χ3n) is 5.80. The zero-order chi connectivity index (χ0) is 19.5. The Labute approximate surface area is 165 Å². The Morgan fingerprint density at radius 3 is 1.31 bits per heavy atom. The molecule has 0 saturated carbocycles. The van der Waals surface area contributed by atoms with Crippen LogP contribution in [0.25, 0.3) is 0 Å². The van der Waals surface area contributed by atoms with Crippen LogP contribution in [0.2, 0.25) is 0 Å². The smallest absolute Gasteiger partial charge is 0.189 e. The predicted octanol–water partition coefficient (Wildman–Crippen LogP) is 8.06. The second-order valence-electron chi connectivity index (χ2n) is 7.85. The minimum absolute atomic E-state index is 0.418. The van der Waals surface area contributed by atoms with Crippen molar-refractivity contribution in [3.8, 4) is 0 Å². The lowest BCUT2D eigenvalue weighted by Gasteiger charge is -2.36. The molecular formula is C24H48O2. The molecule has 26 heavy (non-hydrogen) atoms. The molecule has 156 valence electrons. The van der Waals surface area contributed by atoms with Crippen LogP contribution in [-0.4, -0.2) is 20.0 Å². The maximum absolute atomic E-state index is 5.78. The summed E-state index contributed by atoms with van der Waals surface area (Å²) < 4.78 is 11.6. The lowest BCUT2D eigenvalue weighted by molar-refractivity contribution is -0.207. The predicted molar refractivity (Wildman–Crippen MR) is 116 cm³/mol. The van der Waals surface area contributed by atoms with Crippen LogP contribution >= 0.6 is 0 Å². The van der Waals surface area contributed by atoms with E-state index in [-0.39, 0.29) is 0 Å². The van der Waals surface area contributed by atoms with Crippen LogP contribution in [0.3, 0.4) is 0 Å². The summed E-state index contributed by atoms with van der Waals surface area (Å²) in [6.45, 7) is 8.55. The van der Waals surface area contributed by atoms with Gasteiger partial charge in [-0.25, -0.2) is 0 Å². The minimum atomic E-state index is -0.607. The quantitative estimate of drug-likeness (QED) is 0.123. The highest BCUT2D eigenvalue weighted by atomic mass is 16.7. The maximum atomic E-state index is 5.78. The first-order valence-corrected chi connectivity index (χ1v) is 11.4. The average molecular weight is 369 g/mol. The standard InChI is InChI=1S/C24H48O2/c1-6-9-11-13-15-16-18-20-22-23(24(8-3,25-4)26-5)21-19-17-14-12-10-7-2/h8,23H,3,6-7,9-22H2,1-2,4-5H3. The normalized spacial score (nSPS) is 13.1. The molecule has 0 aromatic rings. The van der Waals surface area contributed by atoms with E-state index in [0.29, 0.717) is 5.92 Å². The largest absolute Gasteiger partial charge is 0.349 e. The van der Waals surface area contributed by atoms with Gasteiger partial charge in [-0.2, -0.15) is 0 Å². The zero-order valence-corrected chi connectivity index (χ0v) is 18.5. The minimum Gasteiger partial charge on any atom is -0.349 e. The molecule has 0 bridgehead atoms. The van der Waals surface area contributed by atoms with E-state index in [1.54, 1.807) is 14.2 Å². The molecule has 0 aliphatic rings. The second-order valence-corrected chi connectivity index (χ2v) is 7.85. The molecule has 0 rings (SSSR count). The maximum Gasteiger partial charge on any atom is 0.189 e. The molecular weight excluding hydrogens is 320 g/mol. The Morgan fingerprint density at radius 2 is 1.00 bits per heavy atom. The van der Waals surface area contributed by atoms with Gasteiger partial charge in [0.1, 0.15) is 0 Å². The van der Waals surface area contributed by atoms with Gasteiger partial charge in [0.05, 0.1) is 0 Å². The van der Waals surface area contributed by atoms with Crippen molar-refractivity contribution in [3.05, 3.63) is 12.7 Å². The topological polar surface area (TPSA) is 18.5 Å². The number of hydrogen-bond donors (Lipinski definition) is 0. The molecule has 0 aliphatic carbocycles. The Kier molecular flexibility index (Phi) is 17.8. The summed E-state index contributed by atoms with van der Waals surface area (Å²) in [6, 6.07) is 0.